The van der Waals surface area contributed by atoms with Gasteiger partial charge in [-0.2, -0.15) is 4.39 Å². The summed E-state index contributed by atoms with van der Waals surface area (Å²) in [4.78, 5) is 12.7. The van der Waals surface area contributed by atoms with Crippen molar-refractivity contribution in [1.82, 2.24) is 0 Å². The van der Waals surface area contributed by atoms with Gasteiger partial charge < -0.3 is 14.6 Å². The van der Waals surface area contributed by atoms with Crippen molar-refractivity contribution in [3.05, 3.63) is 120 Å². The Balaban J connectivity index is 1.43. The molecular weight excluding hydrogens is 529 g/mol. The van der Waals surface area contributed by atoms with E-state index >= 15 is 0 Å². The summed E-state index contributed by atoms with van der Waals surface area (Å²) in [5, 5.41) is 10.1. The van der Waals surface area contributed by atoms with Crippen molar-refractivity contribution in [1.29, 1.82) is 0 Å². The maximum absolute atomic E-state index is 14.9. The number of hydrogen-bond donors (Lipinski definition) is 1. The molecule has 0 fully saturated rings. The van der Waals surface area contributed by atoms with Crippen LogP contribution < -0.4 is 9.47 Å². The number of benzene rings is 4. The standard InChI is InChI=1S/C34H31F3O4/c1-3-5-6-20-40-30-18-16-26(21-28(30)35)22-8-14-25(15-9-22)34(39)41-31-19-17-27(32(36)33(31)37)23-10-12-24(13-11-23)29(38)7-4-2/h3,8-19,21,29,38H,1,4-7,20H2,2H3. The van der Waals surface area contributed by atoms with Crippen LogP contribution in [-0.2, 0) is 0 Å². The minimum absolute atomic E-state index is 0.00333. The molecule has 1 N–H and O–H groups in total. The summed E-state index contributed by atoms with van der Waals surface area (Å²) in [5.74, 6) is -4.20. The summed E-state index contributed by atoms with van der Waals surface area (Å²) in [6, 6.07) is 19.8. The van der Waals surface area contributed by atoms with Crippen LogP contribution in [0.5, 0.6) is 11.5 Å². The number of aliphatic hydroxyl groups is 1. The van der Waals surface area contributed by atoms with Gasteiger partial charge >= 0.3 is 5.97 Å². The van der Waals surface area contributed by atoms with Gasteiger partial charge in [-0.1, -0.05) is 61.9 Å². The number of allylic oxidation sites excluding steroid dienone is 1. The zero-order valence-corrected chi connectivity index (χ0v) is 22.7. The molecule has 0 spiro atoms. The zero-order chi connectivity index (χ0) is 29.4. The lowest BCUT2D eigenvalue weighted by Gasteiger charge is -2.12. The number of ether oxygens (including phenoxy) is 2. The first-order valence-electron chi connectivity index (χ1n) is 13.4. The lowest BCUT2D eigenvalue weighted by Crippen LogP contribution is -2.10. The van der Waals surface area contributed by atoms with Gasteiger partial charge in [0.25, 0.3) is 0 Å². The number of halogens is 3. The van der Waals surface area contributed by atoms with E-state index in [1.165, 1.54) is 30.3 Å². The molecule has 0 radical (unpaired) electrons. The Kier molecular flexibility index (Phi) is 9.98. The Labute approximate surface area is 237 Å². The Morgan fingerprint density at radius 3 is 2.20 bits per heavy atom. The summed E-state index contributed by atoms with van der Waals surface area (Å²) in [6.45, 7) is 5.98. The number of carbonyl (C=O) groups is 1. The van der Waals surface area contributed by atoms with Gasteiger partial charge in [-0.15, -0.1) is 6.58 Å². The van der Waals surface area contributed by atoms with E-state index in [1.54, 1.807) is 54.6 Å². The molecule has 4 nitrogen and oxygen atoms in total. The van der Waals surface area contributed by atoms with Gasteiger partial charge in [-0.05, 0) is 77.9 Å². The van der Waals surface area contributed by atoms with Crippen LogP contribution in [-0.4, -0.2) is 17.7 Å². The van der Waals surface area contributed by atoms with Crippen LogP contribution in [0.25, 0.3) is 22.3 Å². The highest BCUT2D eigenvalue weighted by Crippen LogP contribution is 2.32. The van der Waals surface area contributed by atoms with E-state index in [1.807, 2.05) is 6.92 Å². The van der Waals surface area contributed by atoms with Crippen LogP contribution in [0.3, 0.4) is 0 Å². The van der Waals surface area contributed by atoms with Crippen LogP contribution in [0.2, 0.25) is 0 Å². The van der Waals surface area contributed by atoms with Crippen LogP contribution in [0, 0.1) is 17.5 Å². The van der Waals surface area contributed by atoms with E-state index in [4.69, 9.17) is 9.47 Å². The number of unbranched alkanes of at least 4 members (excludes halogenated alkanes) is 1. The van der Waals surface area contributed by atoms with E-state index in [9.17, 15) is 23.1 Å². The number of esters is 1. The highest BCUT2D eigenvalue weighted by atomic mass is 19.2. The summed E-state index contributed by atoms with van der Waals surface area (Å²) >= 11 is 0. The predicted molar refractivity (Wildman–Crippen MR) is 153 cm³/mol. The highest BCUT2D eigenvalue weighted by Gasteiger charge is 2.19. The van der Waals surface area contributed by atoms with Crippen molar-refractivity contribution in [3.8, 4) is 33.8 Å². The van der Waals surface area contributed by atoms with Crippen LogP contribution >= 0.6 is 0 Å². The Bertz CT molecular complexity index is 1500. The number of carbonyl (C=O) groups excluding carboxylic acids is 1. The maximum atomic E-state index is 14.9. The largest absolute Gasteiger partial charge is 0.491 e. The molecule has 41 heavy (non-hydrogen) atoms. The van der Waals surface area contributed by atoms with Gasteiger partial charge in [0.15, 0.2) is 23.1 Å². The Morgan fingerprint density at radius 2 is 1.54 bits per heavy atom. The van der Waals surface area contributed by atoms with Crippen LogP contribution in [0.4, 0.5) is 13.2 Å². The van der Waals surface area contributed by atoms with E-state index in [0.717, 1.165) is 19.3 Å². The first-order chi connectivity index (χ1) is 19.8. The lowest BCUT2D eigenvalue weighted by atomic mass is 9.99. The first-order valence-corrected chi connectivity index (χ1v) is 13.4. The molecule has 0 bridgehead atoms. The predicted octanol–water partition coefficient (Wildman–Crippen LogP) is 8.84. The molecule has 212 valence electrons. The molecule has 0 aromatic heterocycles. The molecule has 0 amide bonds. The van der Waals surface area contributed by atoms with E-state index in [0.29, 0.717) is 35.3 Å². The normalized spacial score (nSPS) is 11.6. The molecule has 0 saturated heterocycles. The van der Waals surface area contributed by atoms with Crippen molar-refractivity contribution in [3.63, 3.8) is 0 Å². The topological polar surface area (TPSA) is 55.8 Å². The van der Waals surface area contributed by atoms with Gasteiger partial charge in [0.1, 0.15) is 0 Å². The highest BCUT2D eigenvalue weighted by molar-refractivity contribution is 5.91. The van der Waals surface area contributed by atoms with Crippen molar-refractivity contribution in [2.45, 2.75) is 38.7 Å². The molecule has 4 aromatic rings. The zero-order valence-electron chi connectivity index (χ0n) is 22.7. The van der Waals surface area contributed by atoms with E-state index < -0.39 is 35.3 Å². The fourth-order valence-electron chi connectivity index (χ4n) is 4.32. The third kappa shape index (κ3) is 7.24. The second-order valence-corrected chi connectivity index (χ2v) is 9.56. The second kappa shape index (κ2) is 13.8. The molecule has 4 aromatic carbocycles. The smallest absolute Gasteiger partial charge is 0.343 e. The summed E-state index contributed by atoms with van der Waals surface area (Å²) in [7, 11) is 0. The molecule has 1 atom stereocenters. The minimum atomic E-state index is -1.29. The molecule has 0 heterocycles. The van der Waals surface area contributed by atoms with Crippen molar-refractivity contribution in [2.24, 2.45) is 0 Å². The average molecular weight is 561 g/mol. The van der Waals surface area contributed by atoms with Gasteiger partial charge in [0.2, 0.25) is 5.82 Å². The van der Waals surface area contributed by atoms with Gasteiger partial charge in [-0.25, -0.2) is 13.6 Å². The number of aliphatic hydroxyl groups excluding tert-OH is 1. The molecule has 1 unspecified atom stereocenters. The molecule has 0 aliphatic rings. The van der Waals surface area contributed by atoms with Gasteiger partial charge in [0, 0.05) is 5.56 Å². The second-order valence-electron chi connectivity index (χ2n) is 9.56. The van der Waals surface area contributed by atoms with Crippen molar-refractivity contribution < 1.29 is 32.5 Å². The van der Waals surface area contributed by atoms with Crippen molar-refractivity contribution >= 4 is 5.97 Å². The van der Waals surface area contributed by atoms with E-state index in [2.05, 4.69) is 6.58 Å². The molecule has 0 aliphatic carbocycles. The Morgan fingerprint density at radius 1 is 0.878 bits per heavy atom. The summed E-state index contributed by atoms with van der Waals surface area (Å²) in [5.41, 5.74) is 2.46. The third-order valence-corrected chi connectivity index (χ3v) is 6.61. The van der Waals surface area contributed by atoms with Crippen LogP contribution in [0.1, 0.15) is 54.6 Å². The number of rotatable bonds is 12. The molecule has 0 aliphatic heterocycles. The SMILES string of the molecule is C=CCCCOc1ccc(-c2ccc(C(=O)Oc3ccc(-c4ccc(C(O)CCC)cc4)c(F)c3F)cc2)cc1F. The van der Waals surface area contributed by atoms with E-state index in [-0.39, 0.29) is 16.9 Å². The maximum Gasteiger partial charge on any atom is 0.343 e. The van der Waals surface area contributed by atoms with Gasteiger partial charge in [0.05, 0.1) is 18.3 Å². The third-order valence-electron chi connectivity index (χ3n) is 6.61. The molecular formula is C34H31F3O4. The lowest BCUT2D eigenvalue weighted by molar-refractivity contribution is 0.0726. The quantitative estimate of drug-likeness (QED) is 0.0814. The minimum Gasteiger partial charge on any atom is -0.491 e. The fourth-order valence-corrected chi connectivity index (χ4v) is 4.32. The average Bonchev–Trinajstić information content (AvgIpc) is 2.99. The molecule has 7 heteroatoms. The van der Waals surface area contributed by atoms with Gasteiger partial charge in [-0.3, -0.25) is 0 Å². The Hall–Kier alpha value is -4.36. The first kappa shape index (κ1) is 29.6. The molecule has 4 rings (SSSR count). The van der Waals surface area contributed by atoms with Crippen LogP contribution in [0.15, 0.2) is 91.5 Å². The molecule has 0 saturated carbocycles. The van der Waals surface area contributed by atoms with Crippen molar-refractivity contribution in [2.75, 3.05) is 6.61 Å². The summed E-state index contributed by atoms with van der Waals surface area (Å²) < 4.78 is 54.9. The fraction of sp³-hybridized carbons (Fsp3) is 0.206. The number of hydrogen-bond acceptors (Lipinski definition) is 4. The monoisotopic (exact) mass is 560 g/mol. The summed E-state index contributed by atoms with van der Waals surface area (Å²) in [6.07, 6.45) is 4.08.